The molecule has 25 heavy (non-hydrogen) atoms. The molecule has 0 spiro atoms. The van der Waals surface area contributed by atoms with E-state index in [1.54, 1.807) is 47.2 Å². The molecule has 0 radical (unpaired) electrons. The Kier molecular flexibility index (Phi) is 3.33. The number of phenolic OH excluding ortho intramolecular Hbond substituents is 1. The van der Waals surface area contributed by atoms with Gasteiger partial charge in [0.1, 0.15) is 17.6 Å². The minimum Gasteiger partial charge on any atom is -0.508 e. The number of pyridine rings is 1. The van der Waals surface area contributed by atoms with Gasteiger partial charge in [-0.25, -0.2) is 0 Å². The van der Waals surface area contributed by atoms with Crippen LogP contribution in [-0.4, -0.2) is 15.8 Å². The lowest BCUT2D eigenvalue weighted by atomic mass is 10.0. The van der Waals surface area contributed by atoms with Gasteiger partial charge in [0.2, 0.25) is 6.10 Å². The summed E-state index contributed by atoms with van der Waals surface area (Å²) in [4.78, 5) is 12.8. The normalized spacial score (nSPS) is 15.8. The summed E-state index contributed by atoms with van der Waals surface area (Å²) in [6, 6.07) is 14.0. The van der Waals surface area contributed by atoms with Crippen molar-refractivity contribution >= 4 is 16.3 Å². The van der Waals surface area contributed by atoms with Gasteiger partial charge >= 0.3 is 0 Å². The van der Waals surface area contributed by atoms with Crippen LogP contribution in [0.25, 0.3) is 22.0 Å². The zero-order valence-corrected chi connectivity index (χ0v) is 13.4. The molecule has 1 aliphatic rings. The lowest BCUT2D eigenvalue weighted by molar-refractivity contribution is 0.297. The van der Waals surface area contributed by atoms with E-state index < -0.39 is 6.10 Å². The van der Waals surface area contributed by atoms with Crippen molar-refractivity contribution in [2.75, 3.05) is 0 Å². The highest BCUT2D eigenvalue weighted by Crippen LogP contribution is 2.33. The second-order valence-corrected chi connectivity index (χ2v) is 5.96. The predicted octanol–water partition coefficient (Wildman–Crippen LogP) is 3.38. The number of hydrogen-bond acceptors (Lipinski definition) is 4. The molecule has 4 rings (SSSR count). The van der Waals surface area contributed by atoms with Gasteiger partial charge in [-0.15, -0.1) is 0 Å². The molecule has 1 aromatic heterocycles. The molecule has 1 aliphatic heterocycles. The molecule has 3 aromatic rings. The van der Waals surface area contributed by atoms with Crippen LogP contribution in [0.2, 0.25) is 0 Å². The molecule has 2 aromatic carbocycles. The first-order valence-electron chi connectivity index (χ1n) is 7.81. The zero-order valence-electron chi connectivity index (χ0n) is 13.4. The third-order valence-electron chi connectivity index (χ3n) is 4.34. The number of nitriles is 1. The number of aromatic nitrogens is 1. The van der Waals surface area contributed by atoms with Gasteiger partial charge in [-0.1, -0.05) is 0 Å². The van der Waals surface area contributed by atoms with Crippen molar-refractivity contribution in [3.63, 3.8) is 0 Å². The highest BCUT2D eigenvalue weighted by molar-refractivity contribution is 5.83. The molecule has 122 valence electrons. The van der Waals surface area contributed by atoms with E-state index in [0.717, 1.165) is 11.1 Å². The summed E-state index contributed by atoms with van der Waals surface area (Å²) in [5.41, 5.74) is 2.35. The molecule has 0 fully saturated rings. The van der Waals surface area contributed by atoms with Gasteiger partial charge in [0.05, 0.1) is 0 Å². The third-order valence-corrected chi connectivity index (χ3v) is 4.34. The van der Waals surface area contributed by atoms with Crippen LogP contribution in [0.3, 0.4) is 0 Å². The van der Waals surface area contributed by atoms with Gasteiger partial charge in [-0.2, -0.15) is 5.26 Å². The Morgan fingerprint density at radius 2 is 2.04 bits per heavy atom. The number of nitrogens with zero attached hydrogens (tertiary/aromatic N) is 2. The van der Waals surface area contributed by atoms with E-state index in [9.17, 15) is 9.90 Å². The Morgan fingerprint density at radius 3 is 2.84 bits per heavy atom. The summed E-state index contributed by atoms with van der Waals surface area (Å²) in [7, 11) is 0. The van der Waals surface area contributed by atoms with Crippen LogP contribution in [0.15, 0.2) is 59.5 Å². The summed E-state index contributed by atoms with van der Waals surface area (Å²) >= 11 is 0. The summed E-state index contributed by atoms with van der Waals surface area (Å²) in [5, 5.41) is 19.8. The average molecular weight is 330 g/mol. The molecule has 2 heterocycles. The van der Waals surface area contributed by atoms with E-state index in [-0.39, 0.29) is 11.3 Å². The van der Waals surface area contributed by atoms with E-state index >= 15 is 0 Å². The predicted molar refractivity (Wildman–Crippen MR) is 94.9 cm³/mol. The fourth-order valence-corrected chi connectivity index (χ4v) is 3.07. The quantitative estimate of drug-likeness (QED) is 0.742. The zero-order chi connectivity index (χ0) is 17.6. The fraction of sp³-hybridized carbons (Fsp3) is 0.100. The molecular weight excluding hydrogens is 316 g/mol. The maximum atomic E-state index is 12.8. The van der Waals surface area contributed by atoms with Crippen molar-refractivity contribution in [3.8, 4) is 23.3 Å². The topological polar surface area (TPSA) is 75.2 Å². The number of rotatable bonds is 1. The number of hydrogen-bond donors (Lipinski definition) is 1. The number of aromatic hydroxyl groups is 1. The molecule has 0 aliphatic carbocycles. The summed E-state index contributed by atoms with van der Waals surface area (Å²) < 4.78 is 7.16. The molecule has 1 atom stereocenters. The lowest BCUT2D eigenvalue weighted by Gasteiger charge is -2.21. The van der Waals surface area contributed by atoms with Crippen LogP contribution in [0.4, 0.5) is 0 Å². The summed E-state index contributed by atoms with van der Waals surface area (Å²) in [6.07, 6.45) is 2.86. The van der Waals surface area contributed by atoms with Crippen molar-refractivity contribution in [1.29, 1.82) is 5.26 Å². The largest absolute Gasteiger partial charge is 0.508 e. The van der Waals surface area contributed by atoms with Crippen LogP contribution in [0.5, 0.6) is 11.5 Å². The molecule has 1 unspecified atom stereocenters. The molecule has 1 N–H and O–H groups in total. The minimum atomic E-state index is -0.589. The number of fused-ring (bicyclic) bond motifs is 2. The Morgan fingerprint density at radius 1 is 1.20 bits per heavy atom. The maximum absolute atomic E-state index is 12.8. The second kappa shape index (κ2) is 5.53. The summed E-state index contributed by atoms with van der Waals surface area (Å²) in [5.74, 6) is 0.762. The average Bonchev–Trinajstić information content (AvgIpc) is 2.61. The number of allylic oxidation sites excluding steroid dienone is 1. The smallest absolute Gasteiger partial charge is 0.262 e. The van der Waals surface area contributed by atoms with Gasteiger partial charge in [0.25, 0.3) is 5.56 Å². The second-order valence-electron chi connectivity index (χ2n) is 5.96. The molecule has 5 heteroatoms. The third kappa shape index (κ3) is 2.45. The minimum absolute atomic E-state index is 0.128. The highest BCUT2D eigenvalue weighted by Gasteiger charge is 2.19. The molecular formula is C20H14N2O3. The van der Waals surface area contributed by atoms with Gasteiger partial charge in [-0.05, 0) is 66.4 Å². The molecule has 0 saturated heterocycles. The molecule has 5 nitrogen and oxygen atoms in total. The fourth-order valence-electron chi connectivity index (χ4n) is 3.07. The Balaban J connectivity index is 1.87. The van der Waals surface area contributed by atoms with Crippen molar-refractivity contribution in [3.05, 3.63) is 70.7 Å². The maximum Gasteiger partial charge on any atom is 0.262 e. The van der Waals surface area contributed by atoms with Crippen molar-refractivity contribution < 1.29 is 9.84 Å². The van der Waals surface area contributed by atoms with Crippen molar-refractivity contribution in [2.24, 2.45) is 0 Å². The number of phenols is 1. The Labute approximate surface area is 143 Å². The van der Waals surface area contributed by atoms with Crippen LogP contribution in [-0.2, 0) is 0 Å². The van der Waals surface area contributed by atoms with Gasteiger partial charge < -0.3 is 9.84 Å². The Hall–Kier alpha value is -3.52. The Bertz CT molecular complexity index is 1140. The number of ether oxygens (including phenoxy) is 1. The number of benzene rings is 2. The molecule has 0 amide bonds. The molecule has 0 saturated carbocycles. The van der Waals surface area contributed by atoms with E-state index in [4.69, 9.17) is 10.00 Å². The van der Waals surface area contributed by atoms with Gasteiger partial charge in [-0.3, -0.25) is 9.36 Å². The van der Waals surface area contributed by atoms with Crippen LogP contribution < -0.4 is 10.3 Å². The van der Waals surface area contributed by atoms with Crippen molar-refractivity contribution in [2.45, 2.75) is 13.0 Å². The monoisotopic (exact) mass is 330 g/mol. The SMILES string of the molecule is CC1=CC(C#N)Oc2ccc(-n3ccc4cc(O)ccc4c3=O)cc21. The van der Waals surface area contributed by atoms with Gasteiger partial charge in [0.15, 0.2) is 0 Å². The van der Waals surface area contributed by atoms with Crippen molar-refractivity contribution in [1.82, 2.24) is 4.57 Å². The standard InChI is InChI=1S/C20H14N2O3/c1-12-8-16(11-21)25-19-5-2-14(10-18(12)19)22-7-6-13-9-15(23)3-4-17(13)20(22)24/h2-10,16,23H,1H3. The van der Waals surface area contributed by atoms with E-state index in [2.05, 4.69) is 6.07 Å². The van der Waals surface area contributed by atoms with E-state index in [0.29, 0.717) is 22.2 Å². The van der Waals surface area contributed by atoms with E-state index in [1.807, 2.05) is 13.0 Å². The van der Waals surface area contributed by atoms with Crippen LogP contribution >= 0.6 is 0 Å². The first-order valence-corrected chi connectivity index (χ1v) is 7.81. The lowest BCUT2D eigenvalue weighted by Crippen LogP contribution is -2.19. The first-order chi connectivity index (χ1) is 12.1. The highest BCUT2D eigenvalue weighted by atomic mass is 16.5. The van der Waals surface area contributed by atoms with E-state index in [1.165, 1.54) is 6.07 Å². The van der Waals surface area contributed by atoms with Crippen LogP contribution in [0.1, 0.15) is 12.5 Å². The summed E-state index contributed by atoms with van der Waals surface area (Å²) in [6.45, 7) is 1.92. The first kappa shape index (κ1) is 15.0. The molecule has 0 bridgehead atoms. The van der Waals surface area contributed by atoms with Gasteiger partial charge in [0, 0.05) is 22.8 Å². The van der Waals surface area contributed by atoms with Crippen LogP contribution in [0, 0.1) is 11.3 Å².